The van der Waals surface area contributed by atoms with Crippen molar-refractivity contribution in [1.82, 2.24) is 24.9 Å². The van der Waals surface area contributed by atoms with Crippen LogP contribution in [0.2, 0.25) is 0 Å². The van der Waals surface area contributed by atoms with Crippen LogP contribution in [0.15, 0.2) is 47.7 Å². The van der Waals surface area contributed by atoms with E-state index < -0.39 is 0 Å². The first kappa shape index (κ1) is 23.5. The van der Waals surface area contributed by atoms with Crippen LogP contribution < -0.4 is 5.32 Å². The van der Waals surface area contributed by atoms with Crippen molar-refractivity contribution in [3.05, 3.63) is 48.3 Å². The fourth-order valence-corrected chi connectivity index (χ4v) is 3.93. The number of rotatable bonds is 5. The highest BCUT2D eigenvalue weighted by Gasteiger charge is 2.30. The lowest BCUT2D eigenvalue weighted by atomic mass is 10.2. The van der Waals surface area contributed by atoms with Gasteiger partial charge in [0.2, 0.25) is 0 Å². The van der Waals surface area contributed by atoms with Crippen LogP contribution in [-0.2, 0) is 16.1 Å². The molecule has 0 spiro atoms. The van der Waals surface area contributed by atoms with Crippen LogP contribution in [0, 0.1) is 0 Å². The number of benzene rings is 1. The van der Waals surface area contributed by atoms with Crippen LogP contribution in [0.3, 0.4) is 0 Å². The van der Waals surface area contributed by atoms with E-state index in [1.54, 1.807) is 6.20 Å². The molecule has 0 aliphatic carbocycles. The fraction of sp³-hybridized carbons (Fsp3) is 0.500. The maximum atomic E-state index is 12.6. The fourth-order valence-electron chi connectivity index (χ4n) is 3.93. The minimum atomic E-state index is -0.236. The predicted molar refractivity (Wildman–Crippen MR) is 131 cm³/mol. The van der Waals surface area contributed by atoms with Crippen molar-refractivity contribution < 1.29 is 9.53 Å². The third-order valence-corrected chi connectivity index (χ3v) is 5.52. The lowest BCUT2D eigenvalue weighted by molar-refractivity contribution is -0.142. The van der Waals surface area contributed by atoms with Crippen molar-refractivity contribution in [2.45, 2.75) is 32.4 Å². The van der Waals surface area contributed by atoms with Crippen molar-refractivity contribution in [3.8, 4) is 5.69 Å². The number of ether oxygens (including phenoxy) is 1. The van der Waals surface area contributed by atoms with Gasteiger partial charge >= 0.3 is 0 Å². The molecule has 31 heavy (non-hydrogen) atoms. The molecule has 9 heteroatoms. The van der Waals surface area contributed by atoms with E-state index in [9.17, 15) is 4.79 Å². The van der Waals surface area contributed by atoms with Gasteiger partial charge in [0.25, 0.3) is 5.91 Å². The second-order valence-corrected chi connectivity index (χ2v) is 7.60. The Kier molecular flexibility index (Phi) is 8.70. The molecule has 4 rings (SSSR count). The van der Waals surface area contributed by atoms with Crippen molar-refractivity contribution in [2.75, 3.05) is 39.3 Å². The Morgan fingerprint density at radius 1 is 1.23 bits per heavy atom. The van der Waals surface area contributed by atoms with Crippen LogP contribution in [0.25, 0.3) is 5.69 Å². The number of aromatic nitrogens is 2. The minimum absolute atomic E-state index is 0. The zero-order valence-electron chi connectivity index (χ0n) is 17.9. The lowest BCUT2D eigenvalue weighted by Crippen LogP contribution is -2.55. The molecule has 2 fully saturated rings. The maximum absolute atomic E-state index is 12.6. The van der Waals surface area contributed by atoms with E-state index in [0.29, 0.717) is 26.2 Å². The molecule has 3 heterocycles. The van der Waals surface area contributed by atoms with Gasteiger partial charge in [0.05, 0.1) is 12.2 Å². The summed E-state index contributed by atoms with van der Waals surface area (Å²) in [6, 6.07) is 10.2. The van der Waals surface area contributed by atoms with Gasteiger partial charge in [-0.1, -0.05) is 12.1 Å². The molecule has 2 saturated heterocycles. The molecule has 1 N–H and O–H groups in total. The van der Waals surface area contributed by atoms with Gasteiger partial charge in [-0.3, -0.25) is 4.79 Å². The van der Waals surface area contributed by atoms with Gasteiger partial charge in [0.1, 0.15) is 6.10 Å². The van der Waals surface area contributed by atoms with Gasteiger partial charge < -0.3 is 19.9 Å². The van der Waals surface area contributed by atoms with E-state index in [1.807, 2.05) is 34.0 Å². The Hall–Kier alpha value is -2.14. The zero-order chi connectivity index (χ0) is 20.8. The molecular formula is C22H31IN6O2. The van der Waals surface area contributed by atoms with Crippen molar-refractivity contribution >= 4 is 35.8 Å². The third-order valence-electron chi connectivity index (χ3n) is 5.52. The molecule has 2 aromatic rings. The summed E-state index contributed by atoms with van der Waals surface area (Å²) in [4.78, 5) is 21.6. The molecule has 2 aliphatic heterocycles. The van der Waals surface area contributed by atoms with Crippen LogP contribution in [0.5, 0.6) is 0 Å². The number of hydrogen-bond acceptors (Lipinski definition) is 4. The summed E-state index contributed by atoms with van der Waals surface area (Å²) in [6.45, 7) is 7.14. The Morgan fingerprint density at radius 2 is 2.03 bits per heavy atom. The zero-order valence-corrected chi connectivity index (χ0v) is 20.3. The molecule has 1 amide bonds. The Bertz CT molecular complexity index is 859. The van der Waals surface area contributed by atoms with Gasteiger partial charge in [-0.15, -0.1) is 24.0 Å². The van der Waals surface area contributed by atoms with E-state index in [0.717, 1.165) is 49.7 Å². The van der Waals surface area contributed by atoms with Crippen LogP contribution in [-0.4, -0.2) is 76.9 Å². The summed E-state index contributed by atoms with van der Waals surface area (Å²) < 4.78 is 7.41. The first-order valence-electron chi connectivity index (χ1n) is 10.8. The highest BCUT2D eigenvalue weighted by molar-refractivity contribution is 14.0. The molecule has 1 atom stereocenters. The topological polar surface area (TPSA) is 75.0 Å². The van der Waals surface area contributed by atoms with E-state index >= 15 is 0 Å². The summed E-state index contributed by atoms with van der Waals surface area (Å²) in [5.41, 5.74) is 2.16. The van der Waals surface area contributed by atoms with Crippen LogP contribution in [0.4, 0.5) is 0 Å². The minimum Gasteiger partial charge on any atom is -0.368 e. The molecule has 0 saturated carbocycles. The number of carbonyl (C=O) groups excluding carboxylic acids is 1. The first-order valence-corrected chi connectivity index (χ1v) is 10.8. The highest BCUT2D eigenvalue weighted by atomic mass is 127. The molecule has 8 nitrogen and oxygen atoms in total. The lowest BCUT2D eigenvalue weighted by Gasteiger charge is -2.37. The van der Waals surface area contributed by atoms with Gasteiger partial charge in [-0.25, -0.2) is 9.67 Å². The molecule has 1 unspecified atom stereocenters. The highest BCUT2D eigenvalue weighted by Crippen LogP contribution is 2.16. The van der Waals surface area contributed by atoms with Crippen molar-refractivity contribution in [2.24, 2.45) is 4.99 Å². The molecule has 0 bridgehead atoms. The molecule has 0 radical (unpaired) electrons. The number of amides is 1. The molecule has 168 valence electrons. The van der Waals surface area contributed by atoms with Crippen LogP contribution in [0.1, 0.15) is 25.3 Å². The standard InChI is InChI=1S/C22H30N6O2.HI/c1-2-23-22(24-17-18-6-3-7-19(16-18)28-10-5-9-25-28)27-13-11-26(12-14-27)21(29)20-8-4-15-30-20;/h3,5-7,9-10,16,20H,2,4,8,11-15,17H2,1H3,(H,23,24);1H. The normalized spacial score (nSPS) is 19.3. The number of nitrogens with zero attached hydrogens (tertiary/aromatic N) is 5. The molecule has 1 aromatic heterocycles. The second-order valence-electron chi connectivity index (χ2n) is 7.60. The first-order chi connectivity index (χ1) is 14.7. The Morgan fingerprint density at radius 3 is 2.71 bits per heavy atom. The number of carbonyl (C=O) groups is 1. The van der Waals surface area contributed by atoms with Gasteiger partial charge in [0, 0.05) is 51.7 Å². The monoisotopic (exact) mass is 538 g/mol. The number of halogens is 1. The third kappa shape index (κ3) is 5.97. The van der Waals surface area contributed by atoms with Gasteiger partial charge in [-0.2, -0.15) is 5.10 Å². The Labute approximate surface area is 200 Å². The predicted octanol–water partition coefficient (Wildman–Crippen LogP) is 2.28. The number of nitrogens with one attached hydrogen (secondary N) is 1. The summed E-state index contributed by atoms with van der Waals surface area (Å²) in [6.07, 6.45) is 5.30. The SMILES string of the molecule is CCNC(=NCc1cccc(-n2cccn2)c1)N1CCN(C(=O)C2CCCO2)CC1.I. The number of guanidine groups is 1. The second kappa shape index (κ2) is 11.5. The van der Waals surface area contributed by atoms with E-state index in [1.165, 1.54) is 0 Å². The number of hydrogen-bond donors (Lipinski definition) is 1. The summed E-state index contributed by atoms with van der Waals surface area (Å²) in [7, 11) is 0. The number of piperazine rings is 1. The summed E-state index contributed by atoms with van der Waals surface area (Å²) >= 11 is 0. The Balaban J connectivity index is 0.00000272. The average Bonchev–Trinajstić information content (AvgIpc) is 3.51. The van der Waals surface area contributed by atoms with E-state index in [4.69, 9.17) is 9.73 Å². The summed E-state index contributed by atoms with van der Waals surface area (Å²) in [5, 5.41) is 7.69. The molecule has 2 aliphatic rings. The van der Waals surface area contributed by atoms with Gasteiger partial charge in [-0.05, 0) is 43.5 Å². The summed E-state index contributed by atoms with van der Waals surface area (Å²) in [5.74, 6) is 1.04. The largest absolute Gasteiger partial charge is 0.368 e. The smallest absolute Gasteiger partial charge is 0.251 e. The van der Waals surface area contributed by atoms with Crippen LogP contribution >= 0.6 is 24.0 Å². The molecule has 1 aromatic carbocycles. The number of aliphatic imine (C=N–C) groups is 1. The van der Waals surface area contributed by atoms with E-state index in [2.05, 4.69) is 34.4 Å². The van der Waals surface area contributed by atoms with E-state index in [-0.39, 0.29) is 36.0 Å². The average molecular weight is 538 g/mol. The van der Waals surface area contributed by atoms with Gasteiger partial charge in [0.15, 0.2) is 5.96 Å². The van der Waals surface area contributed by atoms with Crippen molar-refractivity contribution in [3.63, 3.8) is 0 Å². The van der Waals surface area contributed by atoms with Crippen molar-refractivity contribution in [1.29, 1.82) is 0 Å². The quantitative estimate of drug-likeness (QED) is 0.360. The molecular weight excluding hydrogens is 507 g/mol. The maximum Gasteiger partial charge on any atom is 0.251 e.